The number of benzene rings is 1. The molecule has 0 spiro atoms. The minimum atomic E-state index is 0.326. The van der Waals surface area contributed by atoms with E-state index in [1.165, 1.54) is 0 Å². The van der Waals surface area contributed by atoms with Crippen LogP contribution in [0, 0.1) is 0 Å². The van der Waals surface area contributed by atoms with Crippen LogP contribution in [0.2, 0.25) is 5.02 Å². The van der Waals surface area contributed by atoms with Gasteiger partial charge in [-0.15, -0.1) is 0 Å². The molecule has 1 atom stereocenters. The minimum absolute atomic E-state index is 0.326. The van der Waals surface area contributed by atoms with E-state index >= 15 is 0 Å². The summed E-state index contributed by atoms with van der Waals surface area (Å²) >= 11 is 6.17. The lowest BCUT2D eigenvalue weighted by molar-refractivity contribution is 0.0689. The van der Waals surface area contributed by atoms with Crippen molar-refractivity contribution in [1.82, 2.24) is 10.6 Å². The Morgan fingerprint density at radius 3 is 2.86 bits per heavy atom. The van der Waals surface area contributed by atoms with Crippen LogP contribution in [-0.2, 0) is 9.47 Å². The molecule has 0 saturated carbocycles. The van der Waals surface area contributed by atoms with Crippen LogP contribution in [0.4, 0.5) is 5.69 Å². The van der Waals surface area contributed by atoms with Crippen LogP contribution in [-0.4, -0.2) is 72.7 Å². The number of rotatable bonds is 11. The second-order valence-corrected chi connectivity index (χ2v) is 7.14. The summed E-state index contributed by atoms with van der Waals surface area (Å²) in [5.74, 6) is 1.69. The molecule has 1 fully saturated rings. The van der Waals surface area contributed by atoms with E-state index in [0.29, 0.717) is 19.3 Å². The quantitative estimate of drug-likeness (QED) is 0.331. The normalized spacial score (nSPS) is 17.1. The standard InChI is InChI=1S/C20H33ClN4O3/c1-22-20(23-9-4-5-11-28-13-12-26-2)24-17-8-10-25(15-17)18-14-16(21)6-7-19(18)27-3/h6-7,14,17H,4-5,8-13,15H2,1-3H3,(H2,22,23,24). The third kappa shape index (κ3) is 7.37. The van der Waals surface area contributed by atoms with Gasteiger partial charge in [0.15, 0.2) is 5.96 Å². The maximum atomic E-state index is 6.17. The maximum absolute atomic E-state index is 6.17. The van der Waals surface area contributed by atoms with E-state index in [2.05, 4.69) is 20.5 Å². The van der Waals surface area contributed by atoms with E-state index in [-0.39, 0.29) is 0 Å². The fourth-order valence-corrected chi connectivity index (χ4v) is 3.34. The number of aliphatic imine (C=N–C) groups is 1. The Kier molecular flexibility index (Phi) is 10.2. The summed E-state index contributed by atoms with van der Waals surface area (Å²) in [4.78, 5) is 6.64. The van der Waals surface area contributed by atoms with E-state index in [1.54, 1.807) is 21.3 Å². The van der Waals surface area contributed by atoms with Crippen LogP contribution < -0.4 is 20.3 Å². The van der Waals surface area contributed by atoms with Crippen LogP contribution in [0.25, 0.3) is 0 Å². The summed E-state index contributed by atoms with van der Waals surface area (Å²) in [6.07, 6.45) is 3.08. The van der Waals surface area contributed by atoms with Gasteiger partial charge in [-0.3, -0.25) is 4.99 Å². The molecular formula is C20H33ClN4O3. The molecule has 158 valence electrons. The highest BCUT2D eigenvalue weighted by molar-refractivity contribution is 6.30. The van der Waals surface area contributed by atoms with Crippen LogP contribution >= 0.6 is 11.6 Å². The average molecular weight is 413 g/mol. The fourth-order valence-electron chi connectivity index (χ4n) is 3.18. The second kappa shape index (κ2) is 12.7. The van der Waals surface area contributed by atoms with E-state index in [9.17, 15) is 0 Å². The van der Waals surface area contributed by atoms with Crippen molar-refractivity contribution in [2.45, 2.75) is 25.3 Å². The topological polar surface area (TPSA) is 67.4 Å². The Morgan fingerprint density at radius 1 is 1.25 bits per heavy atom. The van der Waals surface area contributed by atoms with Gasteiger partial charge in [0.1, 0.15) is 5.75 Å². The molecule has 1 aliphatic rings. The summed E-state index contributed by atoms with van der Waals surface area (Å²) < 4.78 is 15.9. The first-order chi connectivity index (χ1) is 13.7. The van der Waals surface area contributed by atoms with Gasteiger partial charge < -0.3 is 29.7 Å². The molecule has 1 aliphatic heterocycles. The van der Waals surface area contributed by atoms with Gasteiger partial charge in [-0.25, -0.2) is 0 Å². The molecule has 0 bridgehead atoms. The van der Waals surface area contributed by atoms with Gasteiger partial charge >= 0.3 is 0 Å². The van der Waals surface area contributed by atoms with Gasteiger partial charge in [0, 0.05) is 51.5 Å². The number of nitrogens with zero attached hydrogens (tertiary/aromatic N) is 2. The number of ether oxygens (including phenoxy) is 3. The summed E-state index contributed by atoms with van der Waals surface area (Å²) in [6.45, 7) is 4.76. The zero-order valence-corrected chi connectivity index (χ0v) is 17.9. The summed E-state index contributed by atoms with van der Waals surface area (Å²) in [5.41, 5.74) is 1.04. The van der Waals surface area contributed by atoms with Crippen molar-refractivity contribution in [2.24, 2.45) is 4.99 Å². The molecule has 0 aromatic heterocycles. The van der Waals surface area contributed by atoms with Gasteiger partial charge in [-0.1, -0.05) is 11.6 Å². The lowest BCUT2D eigenvalue weighted by atomic mass is 10.2. The third-order valence-corrected chi connectivity index (χ3v) is 4.91. The van der Waals surface area contributed by atoms with E-state index in [0.717, 1.165) is 67.9 Å². The van der Waals surface area contributed by atoms with Crippen molar-refractivity contribution in [3.05, 3.63) is 23.2 Å². The molecule has 0 amide bonds. The molecule has 8 heteroatoms. The molecule has 1 saturated heterocycles. The first-order valence-corrected chi connectivity index (χ1v) is 10.2. The maximum Gasteiger partial charge on any atom is 0.191 e. The van der Waals surface area contributed by atoms with Gasteiger partial charge in [-0.2, -0.15) is 0 Å². The van der Waals surface area contributed by atoms with Gasteiger partial charge in [-0.05, 0) is 37.5 Å². The molecule has 0 radical (unpaired) electrons. The summed E-state index contributed by atoms with van der Waals surface area (Å²) in [7, 11) is 5.17. The lowest BCUT2D eigenvalue weighted by Gasteiger charge is -2.22. The average Bonchev–Trinajstić information content (AvgIpc) is 3.17. The van der Waals surface area contributed by atoms with Crippen molar-refractivity contribution in [3.63, 3.8) is 0 Å². The summed E-state index contributed by atoms with van der Waals surface area (Å²) in [5, 5.41) is 7.61. The van der Waals surface area contributed by atoms with Crippen LogP contribution in [0.3, 0.4) is 0 Å². The number of anilines is 1. The molecule has 28 heavy (non-hydrogen) atoms. The van der Waals surface area contributed by atoms with Crippen molar-refractivity contribution in [1.29, 1.82) is 0 Å². The zero-order valence-electron chi connectivity index (χ0n) is 17.2. The monoisotopic (exact) mass is 412 g/mol. The number of nitrogens with one attached hydrogen (secondary N) is 2. The Morgan fingerprint density at radius 2 is 2.11 bits per heavy atom. The molecule has 0 aliphatic carbocycles. The van der Waals surface area contributed by atoms with Crippen molar-refractivity contribution in [3.8, 4) is 5.75 Å². The number of hydrogen-bond donors (Lipinski definition) is 2. The van der Waals surface area contributed by atoms with Gasteiger partial charge in [0.25, 0.3) is 0 Å². The van der Waals surface area contributed by atoms with Crippen LogP contribution in [0.1, 0.15) is 19.3 Å². The Balaban J connectivity index is 1.71. The van der Waals surface area contributed by atoms with E-state index in [4.69, 9.17) is 25.8 Å². The van der Waals surface area contributed by atoms with Gasteiger partial charge in [0.05, 0.1) is 26.0 Å². The highest BCUT2D eigenvalue weighted by atomic mass is 35.5. The van der Waals surface area contributed by atoms with E-state index in [1.807, 2.05) is 18.2 Å². The lowest BCUT2D eigenvalue weighted by Crippen LogP contribution is -2.44. The fraction of sp³-hybridized carbons (Fsp3) is 0.650. The molecule has 2 rings (SSSR count). The molecule has 1 aromatic rings. The first kappa shape index (κ1) is 22.6. The predicted molar refractivity (Wildman–Crippen MR) is 115 cm³/mol. The van der Waals surface area contributed by atoms with E-state index < -0.39 is 0 Å². The SMILES string of the molecule is CN=C(NCCCCOCCOC)NC1CCN(c2cc(Cl)ccc2OC)C1. The second-order valence-electron chi connectivity index (χ2n) is 6.70. The Labute approximate surface area is 173 Å². The molecule has 1 unspecified atom stereocenters. The number of halogens is 1. The highest BCUT2D eigenvalue weighted by Gasteiger charge is 2.25. The van der Waals surface area contributed by atoms with Crippen LogP contribution in [0.15, 0.2) is 23.2 Å². The van der Waals surface area contributed by atoms with Crippen molar-refractivity contribution in [2.75, 3.05) is 65.6 Å². The number of methoxy groups -OCH3 is 2. The van der Waals surface area contributed by atoms with Crippen LogP contribution in [0.5, 0.6) is 5.75 Å². The highest BCUT2D eigenvalue weighted by Crippen LogP contribution is 2.33. The van der Waals surface area contributed by atoms with Crippen molar-refractivity contribution < 1.29 is 14.2 Å². The molecule has 1 heterocycles. The molecular weight excluding hydrogens is 380 g/mol. The number of guanidine groups is 1. The predicted octanol–water partition coefficient (Wildman–Crippen LogP) is 2.54. The number of hydrogen-bond acceptors (Lipinski definition) is 5. The van der Waals surface area contributed by atoms with Crippen molar-refractivity contribution >= 4 is 23.2 Å². The Bertz CT molecular complexity index is 615. The molecule has 1 aromatic carbocycles. The smallest absolute Gasteiger partial charge is 0.191 e. The largest absolute Gasteiger partial charge is 0.495 e. The first-order valence-electron chi connectivity index (χ1n) is 9.80. The minimum Gasteiger partial charge on any atom is -0.495 e. The number of unbranched alkanes of at least 4 members (excludes halogenated alkanes) is 1. The molecule has 7 nitrogen and oxygen atoms in total. The zero-order chi connectivity index (χ0) is 20.2. The summed E-state index contributed by atoms with van der Waals surface area (Å²) in [6, 6.07) is 6.05. The Hall–Kier alpha value is -1.70. The van der Waals surface area contributed by atoms with Gasteiger partial charge in [0.2, 0.25) is 0 Å². The molecule has 2 N–H and O–H groups in total. The third-order valence-electron chi connectivity index (χ3n) is 4.67.